The Morgan fingerprint density at radius 1 is 1.04 bits per heavy atom. The number of sulfonamides is 1. The highest BCUT2D eigenvalue weighted by Gasteiger charge is 2.32. The summed E-state index contributed by atoms with van der Waals surface area (Å²) in [7, 11) is -5.45. The van der Waals surface area contributed by atoms with Crippen LogP contribution in [0.2, 0.25) is 0 Å². The van der Waals surface area contributed by atoms with Gasteiger partial charge in [0.25, 0.3) is 0 Å². The molecule has 3 rings (SSSR count). The van der Waals surface area contributed by atoms with Gasteiger partial charge in [0.2, 0.25) is 10.0 Å². The molecule has 0 amide bonds. The van der Waals surface area contributed by atoms with Crippen LogP contribution in [0.25, 0.3) is 0 Å². The van der Waals surface area contributed by atoms with Gasteiger partial charge in [-0.3, -0.25) is 4.98 Å². The number of pyridine rings is 1. The highest BCUT2D eigenvalue weighted by atomic mass is 32.2. The topological polar surface area (TPSA) is 93.6 Å². The first-order chi connectivity index (χ1) is 12.7. The van der Waals surface area contributed by atoms with Crippen LogP contribution in [-0.2, 0) is 19.9 Å². The molecule has 0 atom stereocenters. The summed E-state index contributed by atoms with van der Waals surface area (Å²) >= 11 is 0. The van der Waals surface area contributed by atoms with E-state index in [2.05, 4.69) is 4.98 Å². The molecule has 0 radical (unpaired) electrons. The summed E-state index contributed by atoms with van der Waals surface area (Å²) < 4.78 is 56.2. The molecule has 1 aliphatic heterocycles. The third-order valence-corrected chi connectivity index (χ3v) is 7.79. The second kappa shape index (κ2) is 7.57. The van der Waals surface area contributed by atoms with E-state index in [1.54, 1.807) is 30.5 Å². The SMILES string of the molecule is COc1ccc(S(=O)(=O)N2CCC(c3ncccc3S(C)(=O)=O)CC2)cc1. The normalized spacial score (nSPS) is 17.0. The van der Waals surface area contributed by atoms with Gasteiger partial charge in [0.1, 0.15) is 5.75 Å². The quantitative estimate of drug-likeness (QED) is 0.749. The molecule has 146 valence electrons. The van der Waals surface area contributed by atoms with Gasteiger partial charge in [-0.1, -0.05) is 0 Å². The Labute approximate surface area is 160 Å². The van der Waals surface area contributed by atoms with Crippen molar-refractivity contribution in [2.45, 2.75) is 28.6 Å². The maximum absolute atomic E-state index is 12.8. The van der Waals surface area contributed by atoms with Gasteiger partial charge in [0.05, 0.1) is 22.6 Å². The average Bonchev–Trinajstić information content (AvgIpc) is 2.67. The molecule has 7 nitrogen and oxygen atoms in total. The van der Waals surface area contributed by atoms with Crippen molar-refractivity contribution in [2.75, 3.05) is 26.5 Å². The van der Waals surface area contributed by atoms with Crippen LogP contribution in [0, 0.1) is 0 Å². The van der Waals surface area contributed by atoms with Crippen molar-refractivity contribution in [1.29, 1.82) is 0 Å². The fraction of sp³-hybridized carbons (Fsp3) is 0.389. The highest BCUT2D eigenvalue weighted by Crippen LogP contribution is 2.33. The maximum Gasteiger partial charge on any atom is 0.243 e. The first-order valence-electron chi connectivity index (χ1n) is 8.52. The van der Waals surface area contributed by atoms with Crippen LogP contribution in [-0.4, -0.2) is 52.6 Å². The third-order valence-electron chi connectivity index (χ3n) is 4.74. The largest absolute Gasteiger partial charge is 0.497 e. The van der Waals surface area contributed by atoms with E-state index in [9.17, 15) is 16.8 Å². The molecule has 27 heavy (non-hydrogen) atoms. The first-order valence-corrected chi connectivity index (χ1v) is 11.9. The fourth-order valence-corrected chi connectivity index (χ4v) is 5.68. The summed E-state index contributed by atoms with van der Waals surface area (Å²) in [4.78, 5) is 4.71. The van der Waals surface area contributed by atoms with Gasteiger partial charge >= 0.3 is 0 Å². The van der Waals surface area contributed by atoms with Crippen molar-refractivity contribution < 1.29 is 21.6 Å². The van der Waals surface area contributed by atoms with E-state index in [1.807, 2.05) is 0 Å². The molecule has 0 unspecified atom stereocenters. The lowest BCUT2D eigenvalue weighted by molar-refractivity contribution is 0.314. The van der Waals surface area contributed by atoms with Crippen LogP contribution in [0.1, 0.15) is 24.5 Å². The van der Waals surface area contributed by atoms with Crippen LogP contribution in [0.15, 0.2) is 52.4 Å². The number of piperidine rings is 1. The smallest absolute Gasteiger partial charge is 0.243 e. The second-order valence-electron chi connectivity index (χ2n) is 6.51. The number of rotatable bonds is 5. The minimum Gasteiger partial charge on any atom is -0.497 e. The Morgan fingerprint density at radius 3 is 2.22 bits per heavy atom. The van der Waals surface area contributed by atoms with Gasteiger partial charge < -0.3 is 4.74 Å². The maximum atomic E-state index is 12.8. The molecule has 0 aliphatic carbocycles. The van der Waals surface area contributed by atoms with Crippen molar-refractivity contribution in [3.63, 3.8) is 0 Å². The highest BCUT2D eigenvalue weighted by molar-refractivity contribution is 7.90. The molecule has 1 saturated heterocycles. The van der Waals surface area contributed by atoms with Crippen molar-refractivity contribution in [3.05, 3.63) is 48.3 Å². The first kappa shape index (κ1) is 19.8. The van der Waals surface area contributed by atoms with Gasteiger partial charge in [-0.2, -0.15) is 4.31 Å². The van der Waals surface area contributed by atoms with Crippen LogP contribution in [0.3, 0.4) is 0 Å². The number of hydrogen-bond acceptors (Lipinski definition) is 6. The number of hydrogen-bond donors (Lipinski definition) is 0. The molecule has 1 aromatic heterocycles. The van der Waals surface area contributed by atoms with Gasteiger partial charge in [0.15, 0.2) is 9.84 Å². The van der Waals surface area contributed by atoms with E-state index in [0.29, 0.717) is 37.4 Å². The third kappa shape index (κ3) is 4.15. The summed E-state index contributed by atoms with van der Waals surface area (Å²) in [5.41, 5.74) is 0.529. The zero-order valence-corrected chi connectivity index (χ0v) is 16.8. The zero-order chi connectivity index (χ0) is 19.7. The van der Waals surface area contributed by atoms with Gasteiger partial charge in [0, 0.05) is 31.5 Å². The van der Waals surface area contributed by atoms with Crippen LogP contribution < -0.4 is 4.74 Å². The van der Waals surface area contributed by atoms with E-state index in [0.717, 1.165) is 6.26 Å². The van der Waals surface area contributed by atoms with Gasteiger partial charge in [-0.15, -0.1) is 0 Å². The molecule has 0 saturated carbocycles. The molecule has 2 aromatic rings. The summed E-state index contributed by atoms with van der Waals surface area (Å²) in [5.74, 6) is 0.509. The molecule has 0 N–H and O–H groups in total. The minimum absolute atomic E-state index is 0.0850. The van der Waals surface area contributed by atoms with E-state index in [1.165, 1.54) is 23.5 Å². The summed E-state index contributed by atoms with van der Waals surface area (Å²) in [6, 6.07) is 9.45. The fourth-order valence-electron chi connectivity index (χ4n) is 3.29. The molecule has 0 spiro atoms. The number of aromatic nitrogens is 1. The number of ether oxygens (including phenoxy) is 1. The zero-order valence-electron chi connectivity index (χ0n) is 15.2. The molecule has 2 heterocycles. The Hall–Kier alpha value is -1.97. The van der Waals surface area contributed by atoms with Crippen molar-refractivity contribution in [1.82, 2.24) is 9.29 Å². The Bertz CT molecular complexity index is 1010. The van der Waals surface area contributed by atoms with Gasteiger partial charge in [-0.25, -0.2) is 16.8 Å². The number of sulfone groups is 1. The number of benzene rings is 1. The molecule has 0 bridgehead atoms. The summed E-state index contributed by atoms with van der Waals surface area (Å²) in [5, 5.41) is 0. The Balaban J connectivity index is 1.77. The van der Waals surface area contributed by atoms with Crippen molar-refractivity contribution in [3.8, 4) is 5.75 Å². The lowest BCUT2D eigenvalue weighted by atomic mass is 9.94. The van der Waals surface area contributed by atoms with Crippen LogP contribution in [0.5, 0.6) is 5.75 Å². The van der Waals surface area contributed by atoms with Crippen LogP contribution >= 0.6 is 0 Å². The molecule has 1 fully saturated rings. The Morgan fingerprint density at radius 2 is 1.67 bits per heavy atom. The average molecular weight is 411 g/mol. The molecule has 9 heteroatoms. The van der Waals surface area contributed by atoms with Crippen molar-refractivity contribution >= 4 is 19.9 Å². The molecule has 1 aliphatic rings. The van der Waals surface area contributed by atoms with Gasteiger partial charge in [-0.05, 0) is 49.2 Å². The number of nitrogens with zero attached hydrogens (tertiary/aromatic N) is 2. The van der Waals surface area contributed by atoms with Crippen LogP contribution in [0.4, 0.5) is 0 Å². The predicted molar refractivity (Wildman–Crippen MR) is 101 cm³/mol. The minimum atomic E-state index is -3.59. The standard InChI is InChI=1S/C18H22N2O5S2/c1-25-15-5-7-16(8-6-15)27(23,24)20-12-9-14(10-13-20)18-17(26(2,21)22)4-3-11-19-18/h3-8,11,14H,9-10,12-13H2,1-2H3. The predicted octanol–water partition coefficient (Wildman–Crippen LogP) is 2.06. The summed E-state index contributed by atoms with van der Waals surface area (Å²) in [6.45, 7) is 0.637. The Kier molecular flexibility index (Phi) is 5.55. The van der Waals surface area contributed by atoms with Crippen molar-refractivity contribution in [2.24, 2.45) is 0 Å². The molecule has 1 aromatic carbocycles. The number of methoxy groups -OCH3 is 1. The molecular weight excluding hydrogens is 388 g/mol. The van der Waals surface area contributed by atoms with E-state index < -0.39 is 19.9 Å². The monoisotopic (exact) mass is 410 g/mol. The van der Waals surface area contributed by atoms with E-state index in [-0.39, 0.29) is 15.7 Å². The van der Waals surface area contributed by atoms with E-state index in [4.69, 9.17) is 4.74 Å². The van der Waals surface area contributed by atoms with E-state index >= 15 is 0 Å². The summed E-state index contributed by atoms with van der Waals surface area (Å²) in [6.07, 6.45) is 3.78. The molecular formula is C18H22N2O5S2. The second-order valence-corrected chi connectivity index (χ2v) is 10.4. The lowest BCUT2D eigenvalue weighted by Gasteiger charge is -2.31. The lowest BCUT2D eigenvalue weighted by Crippen LogP contribution is -2.38.